The molecule has 1 fully saturated rings. The lowest BCUT2D eigenvalue weighted by Crippen LogP contribution is -2.42. The van der Waals surface area contributed by atoms with Gasteiger partial charge in [-0.3, -0.25) is 4.79 Å². The average molecular weight is 248 g/mol. The Balaban J connectivity index is 2.54. The van der Waals surface area contributed by atoms with Crippen molar-refractivity contribution in [2.24, 2.45) is 0 Å². The fourth-order valence-electron chi connectivity index (χ4n) is 1.65. The van der Waals surface area contributed by atoms with E-state index in [0.29, 0.717) is 0 Å². The highest BCUT2D eigenvalue weighted by Gasteiger charge is 2.28. The van der Waals surface area contributed by atoms with Gasteiger partial charge in [0.2, 0.25) is 5.91 Å². The van der Waals surface area contributed by atoms with E-state index in [0.717, 1.165) is 25.9 Å². The van der Waals surface area contributed by atoms with Gasteiger partial charge in [0.05, 0.1) is 4.32 Å². The SMILES string of the molecule is CC(C)(Br)C(=O)N1CCCCCC1. The molecule has 13 heavy (non-hydrogen) atoms. The Hall–Kier alpha value is -0.0500. The van der Waals surface area contributed by atoms with Crippen LogP contribution in [-0.4, -0.2) is 28.2 Å². The Morgan fingerprint density at radius 3 is 2.00 bits per heavy atom. The Bertz CT molecular complexity index is 178. The fraction of sp³-hybridized carbons (Fsp3) is 0.900. The van der Waals surface area contributed by atoms with Gasteiger partial charge in [0, 0.05) is 13.1 Å². The van der Waals surface area contributed by atoms with Crippen molar-refractivity contribution in [3.05, 3.63) is 0 Å². The van der Waals surface area contributed by atoms with E-state index in [9.17, 15) is 4.79 Å². The number of carbonyl (C=O) groups excluding carboxylic acids is 1. The lowest BCUT2D eigenvalue weighted by atomic mass is 10.2. The van der Waals surface area contributed by atoms with Crippen LogP contribution in [0.2, 0.25) is 0 Å². The zero-order chi connectivity index (χ0) is 9.90. The Morgan fingerprint density at radius 1 is 1.15 bits per heavy atom. The van der Waals surface area contributed by atoms with Gasteiger partial charge >= 0.3 is 0 Å². The van der Waals surface area contributed by atoms with Crippen LogP contribution in [0, 0.1) is 0 Å². The smallest absolute Gasteiger partial charge is 0.238 e. The molecule has 0 radical (unpaired) electrons. The molecule has 76 valence electrons. The number of rotatable bonds is 1. The first kappa shape index (κ1) is 11.0. The summed E-state index contributed by atoms with van der Waals surface area (Å²) in [4.78, 5) is 13.8. The average Bonchev–Trinajstić information content (AvgIpc) is 2.28. The summed E-state index contributed by atoms with van der Waals surface area (Å²) in [6.45, 7) is 5.71. The van der Waals surface area contributed by atoms with Crippen molar-refractivity contribution in [1.82, 2.24) is 4.90 Å². The summed E-state index contributed by atoms with van der Waals surface area (Å²) >= 11 is 3.41. The van der Waals surface area contributed by atoms with Gasteiger partial charge in [-0.2, -0.15) is 0 Å². The minimum Gasteiger partial charge on any atom is -0.342 e. The summed E-state index contributed by atoms with van der Waals surface area (Å²) in [5.41, 5.74) is 0. The highest BCUT2D eigenvalue weighted by molar-refractivity contribution is 9.10. The molecule has 2 nitrogen and oxygen atoms in total. The molecule has 0 bridgehead atoms. The summed E-state index contributed by atoms with van der Waals surface area (Å²) in [7, 11) is 0. The number of alkyl halides is 1. The second-order valence-corrected chi connectivity index (χ2v) is 6.16. The quantitative estimate of drug-likeness (QED) is 0.653. The molecule has 1 amide bonds. The summed E-state index contributed by atoms with van der Waals surface area (Å²) in [6, 6.07) is 0. The van der Waals surface area contributed by atoms with Gasteiger partial charge in [-0.25, -0.2) is 0 Å². The highest BCUT2D eigenvalue weighted by Crippen LogP contribution is 2.21. The monoisotopic (exact) mass is 247 g/mol. The topological polar surface area (TPSA) is 20.3 Å². The van der Waals surface area contributed by atoms with Crippen molar-refractivity contribution in [3.8, 4) is 0 Å². The van der Waals surface area contributed by atoms with Crippen LogP contribution in [0.25, 0.3) is 0 Å². The van der Waals surface area contributed by atoms with Gasteiger partial charge in [-0.1, -0.05) is 28.8 Å². The van der Waals surface area contributed by atoms with Crippen LogP contribution in [0.5, 0.6) is 0 Å². The number of halogens is 1. The lowest BCUT2D eigenvalue weighted by molar-refractivity contribution is -0.132. The minimum absolute atomic E-state index is 0.231. The minimum atomic E-state index is -0.392. The number of nitrogens with zero attached hydrogens (tertiary/aromatic N) is 1. The molecule has 0 unspecified atom stereocenters. The molecule has 1 aliphatic heterocycles. The first-order valence-corrected chi connectivity index (χ1v) is 5.79. The molecule has 1 saturated heterocycles. The second-order valence-electron chi connectivity index (χ2n) is 4.18. The first-order chi connectivity index (χ1) is 6.02. The molecular weight excluding hydrogens is 230 g/mol. The van der Waals surface area contributed by atoms with Gasteiger partial charge < -0.3 is 4.90 Å². The molecule has 0 aromatic rings. The van der Waals surface area contributed by atoms with E-state index >= 15 is 0 Å². The molecule has 0 atom stereocenters. The Kier molecular flexibility index (Phi) is 3.77. The molecule has 0 N–H and O–H groups in total. The van der Waals surface area contributed by atoms with Gasteiger partial charge in [0.1, 0.15) is 0 Å². The summed E-state index contributed by atoms with van der Waals surface area (Å²) in [6.07, 6.45) is 4.86. The van der Waals surface area contributed by atoms with Gasteiger partial charge in [0.15, 0.2) is 0 Å². The maximum Gasteiger partial charge on any atom is 0.238 e. The third-order valence-corrected chi connectivity index (χ3v) is 2.74. The highest BCUT2D eigenvalue weighted by atomic mass is 79.9. The molecule has 1 heterocycles. The number of amides is 1. The normalized spacial score (nSPS) is 19.8. The van der Waals surface area contributed by atoms with Gasteiger partial charge in [-0.05, 0) is 26.7 Å². The van der Waals surface area contributed by atoms with Crippen molar-refractivity contribution in [2.75, 3.05) is 13.1 Å². The first-order valence-electron chi connectivity index (χ1n) is 5.00. The van der Waals surface area contributed by atoms with E-state index in [1.807, 2.05) is 18.7 Å². The van der Waals surface area contributed by atoms with Crippen LogP contribution in [0.4, 0.5) is 0 Å². The van der Waals surface area contributed by atoms with Crippen LogP contribution in [-0.2, 0) is 4.79 Å². The Morgan fingerprint density at radius 2 is 1.62 bits per heavy atom. The van der Waals surface area contributed by atoms with E-state index in [-0.39, 0.29) is 5.91 Å². The number of hydrogen-bond acceptors (Lipinski definition) is 1. The van der Waals surface area contributed by atoms with Crippen LogP contribution in [0.3, 0.4) is 0 Å². The van der Waals surface area contributed by atoms with Crippen LogP contribution < -0.4 is 0 Å². The zero-order valence-corrected chi connectivity index (χ0v) is 10.1. The largest absolute Gasteiger partial charge is 0.342 e. The lowest BCUT2D eigenvalue weighted by Gasteiger charge is -2.26. The van der Waals surface area contributed by atoms with Crippen LogP contribution in [0.15, 0.2) is 0 Å². The van der Waals surface area contributed by atoms with E-state index in [2.05, 4.69) is 15.9 Å². The molecule has 0 aromatic heterocycles. The molecular formula is C10H18BrNO. The van der Waals surface area contributed by atoms with E-state index in [1.165, 1.54) is 12.8 Å². The van der Waals surface area contributed by atoms with Crippen molar-refractivity contribution in [1.29, 1.82) is 0 Å². The van der Waals surface area contributed by atoms with Gasteiger partial charge in [0.25, 0.3) is 0 Å². The molecule has 0 spiro atoms. The molecule has 0 aliphatic carbocycles. The predicted octanol–water partition coefficient (Wildman–Crippen LogP) is 2.56. The molecule has 1 aliphatic rings. The number of hydrogen-bond donors (Lipinski definition) is 0. The van der Waals surface area contributed by atoms with E-state index in [1.54, 1.807) is 0 Å². The third kappa shape index (κ3) is 3.29. The van der Waals surface area contributed by atoms with Crippen LogP contribution >= 0.6 is 15.9 Å². The molecule has 1 rings (SSSR count). The van der Waals surface area contributed by atoms with Crippen LogP contribution in [0.1, 0.15) is 39.5 Å². The summed E-state index contributed by atoms with van der Waals surface area (Å²) in [5.74, 6) is 0.231. The summed E-state index contributed by atoms with van der Waals surface area (Å²) < 4.78 is -0.392. The number of likely N-dealkylation sites (tertiary alicyclic amines) is 1. The fourth-order valence-corrected chi connectivity index (χ4v) is 1.90. The number of carbonyl (C=O) groups is 1. The summed E-state index contributed by atoms with van der Waals surface area (Å²) in [5, 5.41) is 0. The third-order valence-electron chi connectivity index (χ3n) is 2.40. The maximum atomic E-state index is 11.9. The molecule has 0 aromatic carbocycles. The molecule has 0 saturated carbocycles. The van der Waals surface area contributed by atoms with E-state index < -0.39 is 4.32 Å². The standard InChI is InChI=1S/C10H18BrNO/c1-10(2,11)9(13)12-7-5-3-4-6-8-12/h3-8H2,1-2H3. The Labute approximate surface area is 88.8 Å². The van der Waals surface area contributed by atoms with E-state index in [4.69, 9.17) is 0 Å². The van der Waals surface area contributed by atoms with Crippen molar-refractivity contribution in [3.63, 3.8) is 0 Å². The zero-order valence-electron chi connectivity index (χ0n) is 8.48. The maximum absolute atomic E-state index is 11.9. The molecule has 3 heteroatoms. The van der Waals surface area contributed by atoms with Crippen molar-refractivity contribution < 1.29 is 4.79 Å². The predicted molar refractivity (Wildman–Crippen MR) is 58.1 cm³/mol. The van der Waals surface area contributed by atoms with Crippen molar-refractivity contribution >= 4 is 21.8 Å². The second kappa shape index (κ2) is 4.45. The van der Waals surface area contributed by atoms with Crippen molar-refractivity contribution in [2.45, 2.75) is 43.9 Å². The van der Waals surface area contributed by atoms with Gasteiger partial charge in [-0.15, -0.1) is 0 Å².